The van der Waals surface area contributed by atoms with Gasteiger partial charge in [-0.05, 0) is 42.9 Å². The van der Waals surface area contributed by atoms with Gasteiger partial charge in [-0.25, -0.2) is 8.42 Å². The second-order valence-electron chi connectivity index (χ2n) is 6.47. The highest BCUT2D eigenvalue weighted by Gasteiger charge is 2.53. The largest absolute Gasteiger partial charge is 0.316 e. The molecule has 0 aromatic heterocycles. The lowest BCUT2D eigenvalue weighted by Crippen LogP contribution is -2.50. The van der Waals surface area contributed by atoms with Crippen LogP contribution in [0.4, 0.5) is 0 Å². The zero-order chi connectivity index (χ0) is 15.1. The lowest BCUT2D eigenvalue weighted by molar-refractivity contribution is 0.172. The molecule has 0 amide bonds. The number of rotatable bonds is 2. The average Bonchev–Trinajstić information content (AvgIpc) is 2.85. The Labute approximate surface area is 135 Å². The van der Waals surface area contributed by atoms with Crippen molar-refractivity contribution in [3.8, 4) is 0 Å². The molecular weight excluding hydrogens is 350 g/mol. The van der Waals surface area contributed by atoms with Gasteiger partial charge in [-0.1, -0.05) is 40.5 Å². The van der Waals surface area contributed by atoms with Gasteiger partial charge in [0.2, 0.25) is 0 Å². The third kappa shape index (κ3) is 2.68. The van der Waals surface area contributed by atoms with E-state index in [9.17, 15) is 8.42 Å². The van der Waals surface area contributed by atoms with Crippen LogP contribution in [0.3, 0.4) is 0 Å². The van der Waals surface area contributed by atoms with Gasteiger partial charge in [-0.15, -0.1) is 0 Å². The molecule has 3 unspecified atom stereocenters. The number of hydrogen-bond acceptors (Lipinski definition) is 3. The summed E-state index contributed by atoms with van der Waals surface area (Å²) < 4.78 is 25.8. The van der Waals surface area contributed by atoms with Crippen molar-refractivity contribution in [2.75, 3.05) is 19.3 Å². The maximum Gasteiger partial charge on any atom is 0.150 e. The Morgan fingerprint density at radius 3 is 2.76 bits per heavy atom. The van der Waals surface area contributed by atoms with Gasteiger partial charge in [-0.3, -0.25) is 0 Å². The molecule has 3 nitrogen and oxygen atoms in total. The number of hydrogen-bond donors (Lipinski definition) is 1. The first kappa shape index (κ1) is 15.5. The van der Waals surface area contributed by atoms with E-state index in [4.69, 9.17) is 0 Å². The normalized spacial score (nSPS) is 33.4. The molecule has 2 fully saturated rings. The van der Waals surface area contributed by atoms with Gasteiger partial charge < -0.3 is 5.32 Å². The molecule has 1 aliphatic carbocycles. The Hall–Kier alpha value is -0.390. The fourth-order valence-electron chi connectivity index (χ4n) is 4.51. The van der Waals surface area contributed by atoms with E-state index in [1.165, 1.54) is 11.8 Å². The molecule has 0 radical (unpaired) electrons. The maximum absolute atomic E-state index is 12.3. The van der Waals surface area contributed by atoms with E-state index in [1.54, 1.807) is 0 Å². The predicted octanol–water partition coefficient (Wildman–Crippen LogP) is 3.11. The molecule has 3 atom stereocenters. The predicted molar refractivity (Wildman–Crippen MR) is 89.3 cm³/mol. The maximum atomic E-state index is 12.3. The highest BCUT2D eigenvalue weighted by molar-refractivity contribution is 9.10. The highest BCUT2D eigenvalue weighted by Crippen LogP contribution is 2.55. The molecule has 1 aliphatic heterocycles. The summed E-state index contributed by atoms with van der Waals surface area (Å²) in [5.41, 5.74) is 1.16. The van der Waals surface area contributed by atoms with E-state index in [0.29, 0.717) is 0 Å². The van der Waals surface area contributed by atoms with E-state index in [1.807, 2.05) is 12.1 Å². The number of benzene rings is 1. The third-order valence-corrected chi connectivity index (χ3v) is 7.82. The molecule has 3 rings (SSSR count). The second-order valence-corrected chi connectivity index (χ2v) is 9.55. The molecule has 1 N–H and O–H groups in total. The fraction of sp³-hybridized carbons (Fsp3) is 0.625. The minimum atomic E-state index is -3.01. The lowest BCUT2D eigenvalue weighted by atomic mass is 9.66. The van der Waals surface area contributed by atoms with E-state index in [-0.39, 0.29) is 16.6 Å². The summed E-state index contributed by atoms with van der Waals surface area (Å²) >= 11 is 3.66. The van der Waals surface area contributed by atoms with Crippen molar-refractivity contribution < 1.29 is 8.42 Å². The summed E-state index contributed by atoms with van der Waals surface area (Å²) in [6.45, 7) is 1.79. The fourth-order valence-corrected chi connectivity index (χ4v) is 6.92. The molecule has 1 aromatic rings. The first-order valence-corrected chi connectivity index (χ1v) is 10.3. The summed E-state index contributed by atoms with van der Waals surface area (Å²) in [5.74, 6) is 0.268. The molecule has 1 saturated heterocycles. The van der Waals surface area contributed by atoms with Crippen LogP contribution in [0.2, 0.25) is 0 Å². The Morgan fingerprint density at radius 2 is 2.05 bits per heavy atom. The van der Waals surface area contributed by atoms with E-state index in [2.05, 4.69) is 33.4 Å². The third-order valence-electron chi connectivity index (χ3n) is 5.36. The Bertz CT molecular complexity index is 631. The molecule has 1 spiro atoms. The van der Waals surface area contributed by atoms with Gasteiger partial charge in [0, 0.05) is 23.2 Å². The molecule has 1 saturated carbocycles. The first-order valence-electron chi connectivity index (χ1n) is 7.59. The minimum absolute atomic E-state index is 0.0945. The number of halogens is 1. The zero-order valence-electron chi connectivity index (χ0n) is 12.3. The van der Waals surface area contributed by atoms with Gasteiger partial charge in [0.05, 0.1) is 5.25 Å². The summed E-state index contributed by atoms with van der Waals surface area (Å²) in [5, 5.41) is 3.28. The molecule has 5 heteroatoms. The van der Waals surface area contributed by atoms with Crippen molar-refractivity contribution in [2.45, 2.75) is 36.9 Å². The quantitative estimate of drug-likeness (QED) is 0.868. The van der Waals surface area contributed by atoms with Crippen molar-refractivity contribution >= 4 is 25.8 Å². The van der Waals surface area contributed by atoms with Gasteiger partial charge in [0.1, 0.15) is 0 Å². The molecule has 0 bridgehead atoms. The second kappa shape index (κ2) is 5.67. The van der Waals surface area contributed by atoms with Crippen molar-refractivity contribution in [3.63, 3.8) is 0 Å². The lowest BCUT2D eigenvalue weighted by Gasteiger charge is -2.46. The first-order chi connectivity index (χ1) is 9.95. The standard InChI is InChI=1S/C16H22BrNO2S/c1-21(19,20)15-7-4-8-16(15)9-10-18-11-13(16)12-5-2-3-6-14(12)17/h2-3,5-6,13,15,18H,4,7-11H2,1H3. The van der Waals surface area contributed by atoms with Crippen LogP contribution in [0.1, 0.15) is 37.2 Å². The van der Waals surface area contributed by atoms with Gasteiger partial charge in [0.25, 0.3) is 0 Å². The van der Waals surface area contributed by atoms with Gasteiger partial charge in [-0.2, -0.15) is 0 Å². The van der Waals surface area contributed by atoms with E-state index < -0.39 is 9.84 Å². The number of piperidine rings is 1. The van der Waals surface area contributed by atoms with Crippen molar-refractivity contribution in [3.05, 3.63) is 34.3 Å². The molecular formula is C16H22BrNO2S. The zero-order valence-corrected chi connectivity index (χ0v) is 14.7. The van der Waals surface area contributed by atoms with Crippen LogP contribution in [0.25, 0.3) is 0 Å². The average molecular weight is 372 g/mol. The van der Waals surface area contributed by atoms with Crippen molar-refractivity contribution in [2.24, 2.45) is 5.41 Å². The summed E-state index contributed by atoms with van der Waals surface area (Å²) in [7, 11) is -3.01. The molecule has 2 aliphatic rings. The molecule has 1 heterocycles. The van der Waals surface area contributed by atoms with Crippen LogP contribution in [0.15, 0.2) is 28.7 Å². The summed E-state index contributed by atoms with van der Waals surface area (Å²) in [6.07, 6.45) is 5.25. The number of sulfone groups is 1. The van der Waals surface area contributed by atoms with Crippen molar-refractivity contribution in [1.29, 1.82) is 0 Å². The number of nitrogens with one attached hydrogen (secondary N) is 1. The summed E-state index contributed by atoms with van der Waals surface area (Å²) in [4.78, 5) is 0. The van der Waals surface area contributed by atoms with Crippen molar-refractivity contribution in [1.82, 2.24) is 5.32 Å². The Morgan fingerprint density at radius 1 is 1.29 bits per heavy atom. The molecule has 21 heavy (non-hydrogen) atoms. The smallest absolute Gasteiger partial charge is 0.150 e. The molecule has 1 aromatic carbocycles. The van der Waals surface area contributed by atoms with Crippen LogP contribution < -0.4 is 5.32 Å². The van der Waals surface area contributed by atoms with E-state index in [0.717, 1.165) is 43.2 Å². The Kier molecular flexibility index (Phi) is 4.19. The molecule has 116 valence electrons. The monoisotopic (exact) mass is 371 g/mol. The van der Waals surface area contributed by atoms with Gasteiger partial charge in [0.15, 0.2) is 9.84 Å². The summed E-state index contributed by atoms with van der Waals surface area (Å²) in [6, 6.07) is 8.26. The topological polar surface area (TPSA) is 46.2 Å². The van der Waals surface area contributed by atoms with E-state index >= 15 is 0 Å². The van der Waals surface area contributed by atoms with Crippen LogP contribution in [-0.2, 0) is 9.84 Å². The van der Waals surface area contributed by atoms with Crippen LogP contribution in [0.5, 0.6) is 0 Å². The SMILES string of the molecule is CS(=O)(=O)C1CCCC12CCNCC2c1ccccc1Br. The highest BCUT2D eigenvalue weighted by atomic mass is 79.9. The minimum Gasteiger partial charge on any atom is -0.316 e. The van der Waals surface area contributed by atoms with Crippen LogP contribution in [0, 0.1) is 5.41 Å². The van der Waals surface area contributed by atoms with Crippen LogP contribution >= 0.6 is 15.9 Å². The van der Waals surface area contributed by atoms with Crippen LogP contribution in [-0.4, -0.2) is 33.0 Å². The van der Waals surface area contributed by atoms with Gasteiger partial charge >= 0.3 is 0 Å². The Balaban J connectivity index is 2.08.